The van der Waals surface area contributed by atoms with Gasteiger partial charge < -0.3 is 4.90 Å². The van der Waals surface area contributed by atoms with Crippen molar-refractivity contribution in [1.82, 2.24) is 9.71 Å². The summed E-state index contributed by atoms with van der Waals surface area (Å²) in [5.74, 6) is 0.874. The van der Waals surface area contributed by atoms with E-state index in [1.165, 1.54) is 7.05 Å². The molecule has 1 atom stereocenters. The monoisotopic (exact) mass is 347 g/mol. The van der Waals surface area contributed by atoms with Crippen molar-refractivity contribution < 1.29 is 8.42 Å². The van der Waals surface area contributed by atoms with Crippen LogP contribution >= 0.6 is 15.9 Å². The zero-order chi connectivity index (χ0) is 14.0. The molecule has 1 aliphatic rings. The van der Waals surface area contributed by atoms with Gasteiger partial charge in [0, 0.05) is 23.8 Å². The third-order valence-corrected chi connectivity index (χ3v) is 5.68. The molecule has 2 rings (SSSR count). The Bertz CT molecular complexity index is 562. The number of aryl methyl sites for hydroxylation is 1. The van der Waals surface area contributed by atoms with Crippen LogP contribution in [0.5, 0.6) is 0 Å². The Morgan fingerprint density at radius 1 is 1.53 bits per heavy atom. The number of rotatable bonds is 3. The van der Waals surface area contributed by atoms with Gasteiger partial charge in [-0.15, -0.1) is 0 Å². The fourth-order valence-corrected chi connectivity index (χ4v) is 4.05. The predicted octanol–water partition coefficient (Wildman–Crippen LogP) is 1.67. The van der Waals surface area contributed by atoms with Crippen molar-refractivity contribution >= 4 is 31.8 Å². The van der Waals surface area contributed by atoms with E-state index in [2.05, 4.69) is 30.5 Å². The summed E-state index contributed by atoms with van der Waals surface area (Å²) in [5.41, 5.74) is 1.05. The molecule has 0 amide bonds. The van der Waals surface area contributed by atoms with Crippen LogP contribution in [0.15, 0.2) is 16.7 Å². The summed E-state index contributed by atoms with van der Waals surface area (Å²) in [6.45, 7) is 3.34. The number of hydrogen-bond acceptors (Lipinski definition) is 4. The summed E-state index contributed by atoms with van der Waals surface area (Å²) >= 11 is 3.39. The molecule has 19 heavy (non-hydrogen) atoms. The first-order valence-electron chi connectivity index (χ1n) is 6.23. The number of anilines is 1. The maximum absolute atomic E-state index is 11.9. The highest BCUT2D eigenvalue weighted by molar-refractivity contribution is 9.10. The average Bonchev–Trinajstić information content (AvgIpc) is 2.39. The van der Waals surface area contributed by atoms with Crippen LogP contribution in [0.25, 0.3) is 0 Å². The van der Waals surface area contributed by atoms with Crippen molar-refractivity contribution in [3.63, 3.8) is 0 Å². The second-order valence-corrected chi connectivity index (χ2v) is 7.83. The lowest BCUT2D eigenvalue weighted by molar-refractivity contribution is 0.523. The lowest BCUT2D eigenvalue weighted by Crippen LogP contribution is -2.46. The van der Waals surface area contributed by atoms with Crippen LogP contribution in [-0.2, 0) is 10.0 Å². The first kappa shape index (κ1) is 14.7. The summed E-state index contributed by atoms with van der Waals surface area (Å²) in [6.07, 6.45) is 3.32. The zero-order valence-electron chi connectivity index (χ0n) is 11.1. The maximum Gasteiger partial charge on any atom is 0.215 e. The number of nitrogens with one attached hydrogen (secondary N) is 1. The van der Waals surface area contributed by atoms with Crippen LogP contribution in [0.2, 0.25) is 0 Å². The van der Waals surface area contributed by atoms with E-state index in [1.807, 2.05) is 13.0 Å². The quantitative estimate of drug-likeness (QED) is 0.903. The lowest BCUT2D eigenvalue weighted by atomic mass is 10.1. The van der Waals surface area contributed by atoms with Crippen molar-refractivity contribution in [2.75, 3.05) is 25.0 Å². The highest BCUT2D eigenvalue weighted by Gasteiger charge is 2.30. The smallest absolute Gasteiger partial charge is 0.215 e. The minimum atomic E-state index is -3.21. The Balaban J connectivity index is 2.22. The molecule has 1 fully saturated rings. The molecule has 1 N–H and O–H groups in total. The van der Waals surface area contributed by atoms with Gasteiger partial charge >= 0.3 is 0 Å². The fourth-order valence-electron chi connectivity index (χ4n) is 2.41. The van der Waals surface area contributed by atoms with Crippen LogP contribution < -0.4 is 9.62 Å². The van der Waals surface area contributed by atoms with Crippen LogP contribution in [-0.4, -0.2) is 38.8 Å². The lowest BCUT2D eigenvalue weighted by Gasteiger charge is -2.33. The molecule has 2 heterocycles. The van der Waals surface area contributed by atoms with Gasteiger partial charge in [0.15, 0.2) is 0 Å². The van der Waals surface area contributed by atoms with Crippen molar-refractivity contribution in [3.05, 3.63) is 22.3 Å². The molecular weight excluding hydrogens is 330 g/mol. The Morgan fingerprint density at radius 3 is 2.89 bits per heavy atom. The largest absolute Gasteiger partial charge is 0.355 e. The molecule has 0 aromatic carbocycles. The highest BCUT2D eigenvalue weighted by atomic mass is 79.9. The van der Waals surface area contributed by atoms with Gasteiger partial charge in [-0.05, 0) is 54.4 Å². The number of sulfonamides is 1. The van der Waals surface area contributed by atoms with E-state index in [1.54, 1.807) is 6.20 Å². The zero-order valence-corrected chi connectivity index (χ0v) is 13.5. The second kappa shape index (κ2) is 5.76. The van der Waals surface area contributed by atoms with Crippen molar-refractivity contribution in [1.29, 1.82) is 0 Å². The van der Waals surface area contributed by atoms with Gasteiger partial charge in [0.2, 0.25) is 10.0 Å². The minimum Gasteiger partial charge on any atom is -0.355 e. The van der Waals surface area contributed by atoms with E-state index < -0.39 is 10.0 Å². The van der Waals surface area contributed by atoms with Gasteiger partial charge in [-0.25, -0.2) is 18.1 Å². The van der Waals surface area contributed by atoms with Crippen molar-refractivity contribution in [3.8, 4) is 0 Å². The maximum atomic E-state index is 11.9. The molecule has 0 aliphatic carbocycles. The van der Waals surface area contributed by atoms with Crippen LogP contribution in [0.1, 0.15) is 18.4 Å². The van der Waals surface area contributed by atoms with Gasteiger partial charge in [0.1, 0.15) is 5.82 Å². The van der Waals surface area contributed by atoms with E-state index in [0.29, 0.717) is 13.0 Å². The second-order valence-electron chi connectivity index (χ2n) is 4.75. The number of pyridine rings is 1. The molecule has 0 unspecified atom stereocenters. The Hall–Kier alpha value is -0.660. The van der Waals surface area contributed by atoms with Crippen LogP contribution in [0.4, 0.5) is 5.82 Å². The van der Waals surface area contributed by atoms with Crippen LogP contribution in [0, 0.1) is 6.92 Å². The molecule has 1 saturated heterocycles. The summed E-state index contributed by atoms with van der Waals surface area (Å²) < 4.78 is 27.2. The Kier molecular flexibility index (Phi) is 4.47. The topological polar surface area (TPSA) is 62.3 Å². The van der Waals surface area contributed by atoms with Gasteiger partial charge in [0.25, 0.3) is 0 Å². The number of piperidine rings is 1. The average molecular weight is 348 g/mol. The first-order valence-corrected chi connectivity index (χ1v) is 8.57. The van der Waals surface area contributed by atoms with E-state index in [-0.39, 0.29) is 5.25 Å². The van der Waals surface area contributed by atoms with E-state index >= 15 is 0 Å². The molecule has 7 heteroatoms. The SMILES string of the molecule is CNS(=O)(=O)[C@@H]1CCCN(c2ncc(Br)cc2C)C1. The van der Waals surface area contributed by atoms with E-state index in [0.717, 1.165) is 28.8 Å². The van der Waals surface area contributed by atoms with Crippen molar-refractivity contribution in [2.24, 2.45) is 0 Å². The molecule has 1 aromatic rings. The van der Waals surface area contributed by atoms with Gasteiger partial charge in [0.05, 0.1) is 5.25 Å². The van der Waals surface area contributed by atoms with Crippen LogP contribution in [0.3, 0.4) is 0 Å². The number of hydrogen-bond donors (Lipinski definition) is 1. The Labute approximate surface area is 122 Å². The van der Waals surface area contributed by atoms with Gasteiger partial charge in [-0.3, -0.25) is 0 Å². The molecule has 1 aliphatic heterocycles. The summed E-state index contributed by atoms with van der Waals surface area (Å²) in [4.78, 5) is 6.47. The fraction of sp³-hybridized carbons (Fsp3) is 0.583. The molecule has 5 nitrogen and oxygen atoms in total. The third-order valence-electron chi connectivity index (χ3n) is 3.42. The molecular formula is C12H18BrN3O2S. The highest BCUT2D eigenvalue weighted by Crippen LogP contribution is 2.25. The molecule has 0 bridgehead atoms. The standard InChI is InChI=1S/C12H18BrN3O2S/c1-9-6-10(13)7-15-12(9)16-5-3-4-11(8-16)19(17,18)14-2/h6-7,11,14H,3-5,8H2,1-2H3/t11-/m1/s1. The van der Waals surface area contributed by atoms with Gasteiger partial charge in [-0.2, -0.15) is 0 Å². The van der Waals surface area contributed by atoms with E-state index in [9.17, 15) is 8.42 Å². The summed E-state index contributed by atoms with van der Waals surface area (Å²) in [7, 11) is -1.74. The van der Waals surface area contributed by atoms with Gasteiger partial charge in [-0.1, -0.05) is 0 Å². The molecule has 0 spiro atoms. The molecule has 0 saturated carbocycles. The summed E-state index contributed by atoms with van der Waals surface area (Å²) in [6, 6.07) is 2.00. The first-order chi connectivity index (χ1) is 8.94. The normalized spacial score (nSPS) is 20.6. The molecule has 0 radical (unpaired) electrons. The van der Waals surface area contributed by atoms with E-state index in [4.69, 9.17) is 0 Å². The summed E-state index contributed by atoms with van der Waals surface area (Å²) in [5, 5.41) is -0.365. The molecule has 1 aromatic heterocycles. The Morgan fingerprint density at radius 2 is 2.26 bits per heavy atom. The number of nitrogens with zero attached hydrogens (tertiary/aromatic N) is 2. The number of halogens is 1. The number of aromatic nitrogens is 1. The minimum absolute atomic E-state index is 0.365. The van der Waals surface area contributed by atoms with Crippen molar-refractivity contribution in [2.45, 2.75) is 25.0 Å². The third kappa shape index (κ3) is 3.27. The molecule has 106 valence electrons. The predicted molar refractivity (Wildman–Crippen MR) is 79.9 cm³/mol.